The molecule has 0 saturated heterocycles. The number of H-pyrrole nitrogens is 1. The number of hydrogen-bond donors (Lipinski definition) is 2. The van der Waals surface area contributed by atoms with Crippen molar-refractivity contribution < 1.29 is 8.42 Å². The van der Waals surface area contributed by atoms with Gasteiger partial charge in [-0.3, -0.25) is 14.1 Å². The van der Waals surface area contributed by atoms with E-state index in [1.54, 1.807) is 23.5 Å². The lowest BCUT2D eigenvalue weighted by Crippen LogP contribution is -2.21. The first-order chi connectivity index (χ1) is 15.3. The fourth-order valence-electron chi connectivity index (χ4n) is 3.81. The molecule has 0 unspecified atom stereocenters. The zero-order chi connectivity index (χ0) is 22.5. The monoisotopic (exact) mass is 505 g/mol. The number of aryl methyl sites for hydroxylation is 2. The second-order valence-electron chi connectivity index (χ2n) is 7.33. The molecule has 0 atom stereocenters. The van der Waals surface area contributed by atoms with E-state index in [1.807, 2.05) is 0 Å². The van der Waals surface area contributed by atoms with Crippen LogP contribution in [-0.4, -0.2) is 28.2 Å². The molecule has 0 amide bonds. The minimum Gasteiger partial charge on any atom is -0.323 e. The van der Waals surface area contributed by atoms with Crippen molar-refractivity contribution in [2.45, 2.75) is 30.6 Å². The molecule has 3 heterocycles. The van der Waals surface area contributed by atoms with E-state index in [0.717, 1.165) is 36.1 Å². The number of anilines is 1. The van der Waals surface area contributed by atoms with Crippen LogP contribution in [0.25, 0.3) is 15.9 Å². The van der Waals surface area contributed by atoms with Crippen LogP contribution in [0.4, 0.5) is 5.82 Å². The summed E-state index contributed by atoms with van der Waals surface area (Å²) in [6.45, 7) is 0. The van der Waals surface area contributed by atoms with Crippen molar-refractivity contribution in [3.8, 4) is 5.69 Å². The zero-order valence-corrected chi connectivity index (χ0v) is 19.7. The zero-order valence-electron chi connectivity index (χ0n) is 16.5. The van der Waals surface area contributed by atoms with Crippen molar-refractivity contribution in [2.24, 2.45) is 0 Å². The van der Waals surface area contributed by atoms with E-state index in [9.17, 15) is 13.2 Å². The van der Waals surface area contributed by atoms with Gasteiger partial charge in [0.25, 0.3) is 15.6 Å². The summed E-state index contributed by atoms with van der Waals surface area (Å²) in [5, 5.41) is 8.15. The molecule has 8 nitrogen and oxygen atoms in total. The van der Waals surface area contributed by atoms with Crippen molar-refractivity contribution in [3.63, 3.8) is 0 Å². The Bertz CT molecular complexity index is 1560. The third-order valence-electron chi connectivity index (χ3n) is 5.29. The lowest BCUT2D eigenvalue weighted by atomic mass is 9.97. The van der Waals surface area contributed by atoms with E-state index >= 15 is 0 Å². The Morgan fingerprint density at radius 1 is 1.09 bits per heavy atom. The Balaban J connectivity index is 1.53. The Labute approximate surface area is 197 Å². The molecule has 164 valence electrons. The second kappa shape index (κ2) is 8.07. The van der Waals surface area contributed by atoms with E-state index in [1.165, 1.54) is 33.7 Å². The average Bonchev–Trinajstić information content (AvgIpc) is 3.14. The van der Waals surface area contributed by atoms with Crippen molar-refractivity contribution in [2.75, 3.05) is 4.72 Å². The van der Waals surface area contributed by atoms with Gasteiger partial charge in [-0.05, 0) is 79.9 Å². The highest BCUT2D eigenvalue weighted by Gasteiger charge is 2.21. The molecule has 1 aromatic carbocycles. The van der Waals surface area contributed by atoms with Gasteiger partial charge >= 0.3 is 0 Å². The molecule has 12 heteroatoms. The van der Waals surface area contributed by atoms with E-state index in [-0.39, 0.29) is 26.2 Å². The number of sulfonamides is 1. The van der Waals surface area contributed by atoms with Gasteiger partial charge < -0.3 is 4.98 Å². The fourth-order valence-corrected chi connectivity index (χ4v) is 6.55. The van der Waals surface area contributed by atoms with Crippen LogP contribution in [-0.2, 0) is 22.9 Å². The van der Waals surface area contributed by atoms with E-state index in [2.05, 4.69) is 19.9 Å². The Morgan fingerprint density at radius 2 is 1.84 bits per heavy atom. The van der Waals surface area contributed by atoms with Crippen LogP contribution >= 0.6 is 35.2 Å². The van der Waals surface area contributed by atoms with Crippen molar-refractivity contribution >= 4 is 61.2 Å². The van der Waals surface area contributed by atoms with Crippen LogP contribution < -0.4 is 10.3 Å². The highest BCUT2D eigenvalue weighted by molar-refractivity contribution is 7.92. The number of nitrogens with zero attached hydrogens (tertiary/aromatic N) is 3. The minimum atomic E-state index is -3.90. The number of thiophene rings is 1. The van der Waals surface area contributed by atoms with Crippen LogP contribution in [0.15, 0.2) is 46.1 Å². The van der Waals surface area contributed by atoms with Gasteiger partial charge in [-0.25, -0.2) is 8.42 Å². The molecule has 4 aromatic rings. The van der Waals surface area contributed by atoms with Crippen LogP contribution in [0.3, 0.4) is 0 Å². The summed E-state index contributed by atoms with van der Waals surface area (Å²) in [5.41, 5.74) is 1.40. The summed E-state index contributed by atoms with van der Waals surface area (Å²) in [6, 6.07) is 8.78. The smallest absolute Gasteiger partial charge is 0.267 e. The molecule has 5 rings (SSSR count). The Morgan fingerprint density at radius 3 is 2.56 bits per heavy atom. The predicted molar refractivity (Wildman–Crippen MR) is 127 cm³/mol. The highest BCUT2D eigenvalue weighted by Crippen LogP contribution is 2.33. The first-order valence-electron chi connectivity index (χ1n) is 9.75. The maximum Gasteiger partial charge on any atom is 0.267 e. The summed E-state index contributed by atoms with van der Waals surface area (Å²) in [4.78, 5) is 18.6. The van der Waals surface area contributed by atoms with Gasteiger partial charge in [-0.2, -0.15) is 0 Å². The van der Waals surface area contributed by atoms with Crippen LogP contribution in [0.5, 0.6) is 0 Å². The molecule has 0 radical (unpaired) electrons. The molecule has 1 aliphatic rings. The maximum atomic E-state index is 13.4. The van der Waals surface area contributed by atoms with E-state index < -0.39 is 10.0 Å². The van der Waals surface area contributed by atoms with E-state index in [4.69, 9.17) is 23.8 Å². The van der Waals surface area contributed by atoms with Gasteiger partial charge in [-0.15, -0.1) is 21.5 Å². The number of benzene rings is 1. The molecular formula is C20H16ClN5O3S3. The lowest BCUT2D eigenvalue weighted by molar-refractivity contribution is 0.601. The number of aromatic amines is 1. The van der Waals surface area contributed by atoms with Crippen molar-refractivity contribution in [1.29, 1.82) is 0 Å². The van der Waals surface area contributed by atoms with Gasteiger partial charge in [-0.1, -0.05) is 11.6 Å². The highest BCUT2D eigenvalue weighted by atomic mass is 35.5. The van der Waals surface area contributed by atoms with Gasteiger partial charge in [0, 0.05) is 4.88 Å². The SMILES string of the molecule is O=c1c2c3c(sc2[nH]c(=S)n1-c1ccc(S(=O)(=O)Nc2ccc(Cl)nn2)cc1)CCCC3. The molecule has 1 aliphatic carbocycles. The normalized spacial score (nSPS) is 13.8. The summed E-state index contributed by atoms with van der Waals surface area (Å²) < 4.78 is 29.4. The number of fused-ring (bicyclic) bond motifs is 3. The predicted octanol–water partition coefficient (Wildman–Crippen LogP) is 4.23. The molecule has 2 N–H and O–H groups in total. The third kappa shape index (κ3) is 3.75. The van der Waals surface area contributed by atoms with Crippen LogP contribution in [0.1, 0.15) is 23.3 Å². The molecule has 3 aromatic heterocycles. The van der Waals surface area contributed by atoms with Gasteiger partial charge in [0.05, 0.1) is 16.0 Å². The topological polar surface area (TPSA) is 110 Å². The largest absolute Gasteiger partial charge is 0.323 e. The molecule has 32 heavy (non-hydrogen) atoms. The molecule has 0 spiro atoms. The van der Waals surface area contributed by atoms with Crippen molar-refractivity contribution in [3.05, 3.63) is 67.1 Å². The molecule has 0 saturated carbocycles. The average molecular weight is 506 g/mol. The molecular weight excluding hydrogens is 490 g/mol. The van der Waals surface area contributed by atoms with Crippen LogP contribution in [0, 0.1) is 4.77 Å². The van der Waals surface area contributed by atoms with Crippen molar-refractivity contribution in [1.82, 2.24) is 19.7 Å². The summed E-state index contributed by atoms with van der Waals surface area (Å²) in [6.07, 6.45) is 4.05. The van der Waals surface area contributed by atoms with Gasteiger partial charge in [0.15, 0.2) is 15.7 Å². The quantitative estimate of drug-likeness (QED) is 0.401. The molecule has 0 bridgehead atoms. The third-order valence-corrected chi connectivity index (χ3v) is 8.35. The standard InChI is InChI=1S/C20H16ClN5O3S3/c21-15-9-10-16(24-23-15)25-32(28,29)12-7-5-11(6-8-12)26-19(27)17-13-3-1-2-4-14(13)31-18(17)22-20(26)30/h5-10H,1-4H2,(H,22,30)(H,24,25). The summed E-state index contributed by atoms with van der Waals surface area (Å²) in [7, 11) is -3.90. The first kappa shape index (κ1) is 21.3. The Hall–Kier alpha value is -2.60. The number of aromatic nitrogens is 4. The summed E-state index contributed by atoms with van der Waals surface area (Å²) >= 11 is 12.7. The number of halogens is 1. The van der Waals surface area contributed by atoms with E-state index in [0.29, 0.717) is 11.1 Å². The van der Waals surface area contributed by atoms with Gasteiger partial charge in [0.1, 0.15) is 4.83 Å². The fraction of sp³-hybridized carbons (Fsp3) is 0.200. The maximum absolute atomic E-state index is 13.4. The second-order valence-corrected chi connectivity index (χ2v) is 10.9. The molecule has 0 aliphatic heterocycles. The summed E-state index contributed by atoms with van der Waals surface area (Å²) in [5.74, 6) is 0.0461. The number of hydrogen-bond acceptors (Lipinski definition) is 7. The Kier molecular flexibility index (Phi) is 5.36. The minimum absolute atomic E-state index is 0.00920. The molecule has 0 fully saturated rings. The van der Waals surface area contributed by atoms with Gasteiger partial charge in [0.2, 0.25) is 0 Å². The van der Waals surface area contributed by atoms with Crippen LogP contribution in [0.2, 0.25) is 5.15 Å². The number of nitrogens with one attached hydrogen (secondary N) is 2. The first-order valence-corrected chi connectivity index (χ1v) is 12.8. The lowest BCUT2D eigenvalue weighted by Gasteiger charge is -2.11. The number of rotatable bonds is 4.